The minimum atomic E-state index is -0.519. The fourth-order valence-corrected chi connectivity index (χ4v) is 2.73. The Balaban J connectivity index is 1.51. The van der Waals surface area contributed by atoms with Crippen molar-refractivity contribution < 1.29 is 19.1 Å². The molecule has 1 N–H and O–H groups in total. The van der Waals surface area contributed by atoms with Crippen LogP contribution < -0.4 is 9.47 Å². The second kappa shape index (κ2) is 8.12. The summed E-state index contributed by atoms with van der Waals surface area (Å²) in [5, 5.41) is 13.9. The van der Waals surface area contributed by atoms with Gasteiger partial charge in [-0.2, -0.15) is 4.98 Å². The molecule has 2 heterocycles. The molecule has 0 spiro atoms. The fraction of sp³-hybridized carbons (Fsp3) is 0.529. The van der Waals surface area contributed by atoms with Crippen molar-refractivity contribution in [2.24, 2.45) is 0 Å². The van der Waals surface area contributed by atoms with Crippen LogP contribution in [-0.2, 0) is 6.61 Å². The van der Waals surface area contributed by atoms with Gasteiger partial charge in [0.25, 0.3) is 5.89 Å². The van der Waals surface area contributed by atoms with Crippen LogP contribution in [0.5, 0.6) is 11.5 Å². The third-order valence-corrected chi connectivity index (χ3v) is 3.87. The summed E-state index contributed by atoms with van der Waals surface area (Å²) in [6.45, 7) is 4.92. The van der Waals surface area contributed by atoms with Crippen LogP contribution in [0, 0.1) is 6.92 Å². The first-order valence-electron chi connectivity index (χ1n) is 8.25. The average Bonchev–Trinajstić information content (AvgIpc) is 3.23. The van der Waals surface area contributed by atoms with Crippen LogP contribution in [0.25, 0.3) is 0 Å². The summed E-state index contributed by atoms with van der Waals surface area (Å²) in [5.41, 5.74) is 0. The van der Waals surface area contributed by atoms with E-state index < -0.39 is 6.10 Å². The number of aryl methyl sites for hydroxylation is 1. The number of aliphatic hydroxyl groups is 1. The number of rotatable bonds is 8. The Kier molecular flexibility index (Phi) is 5.66. The quantitative estimate of drug-likeness (QED) is 0.789. The molecule has 130 valence electrons. The van der Waals surface area contributed by atoms with Crippen molar-refractivity contribution >= 4 is 0 Å². The molecule has 1 aromatic heterocycles. The van der Waals surface area contributed by atoms with E-state index in [4.69, 9.17) is 14.0 Å². The normalized spacial score (nSPS) is 16.2. The molecular weight excluding hydrogens is 310 g/mol. The summed E-state index contributed by atoms with van der Waals surface area (Å²) in [4.78, 5) is 6.36. The van der Waals surface area contributed by atoms with Gasteiger partial charge < -0.3 is 24.0 Å². The van der Waals surface area contributed by atoms with E-state index in [0.717, 1.165) is 13.1 Å². The third kappa shape index (κ3) is 4.69. The van der Waals surface area contributed by atoms with Crippen molar-refractivity contribution in [3.8, 4) is 11.5 Å². The highest BCUT2D eigenvalue weighted by Gasteiger charge is 2.17. The van der Waals surface area contributed by atoms with E-state index in [1.54, 1.807) is 6.92 Å². The van der Waals surface area contributed by atoms with Crippen molar-refractivity contribution in [2.45, 2.75) is 32.5 Å². The summed E-state index contributed by atoms with van der Waals surface area (Å²) in [6.07, 6.45) is 1.90. The Labute approximate surface area is 141 Å². The number of ether oxygens (including phenoxy) is 2. The van der Waals surface area contributed by atoms with Crippen molar-refractivity contribution in [1.82, 2.24) is 15.0 Å². The Hall–Kier alpha value is -2.12. The highest BCUT2D eigenvalue weighted by molar-refractivity contribution is 5.39. The maximum absolute atomic E-state index is 10.1. The molecule has 1 atom stereocenters. The lowest BCUT2D eigenvalue weighted by Gasteiger charge is -2.20. The lowest BCUT2D eigenvalue weighted by Crippen LogP contribution is -2.33. The molecule has 1 saturated heterocycles. The van der Waals surface area contributed by atoms with E-state index in [1.807, 2.05) is 24.3 Å². The van der Waals surface area contributed by atoms with Gasteiger partial charge in [0.1, 0.15) is 12.7 Å². The van der Waals surface area contributed by atoms with Gasteiger partial charge in [-0.1, -0.05) is 17.3 Å². The minimum absolute atomic E-state index is 0.178. The highest BCUT2D eigenvalue weighted by atomic mass is 16.5. The number of likely N-dealkylation sites (tertiary alicyclic amines) is 1. The predicted octanol–water partition coefficient (Wildman–Crippen LogP) is 1.79. The van der Waals surface area contributed by atoms with Gasteiger partial charge in [-0.05, 0) is 45.0 Å². The van der Waals surface area contributed by atoms with Crippen molar-refractivity contribution in [1.29, 1.82) is 0 Å². The Morgan fingerprint density at radius 1 is 1.21 bits per heavy atom. The summed E-state index contributed by atoms with van der Waals surface area (Å²) in [6, 6.07) is 7.36. The van der Waals surface area contributed by atoms with E-state index in [-0.39, 0.29) is 13.2 Å². The molecule has 2 aromatic rings. The van der Waals surface area contributed by atoms with Crippen LogP contribution in [0.15, 0.2) is 28.8 Å². The first kappa shape index (κ1) is 16.7. The average molecular weight is 333 g/mol. The third-order valence-electron chi connectivity index (χ3n) is 3.87. The molecule has 1 unspecified atom stereocenters. The van der Waals surface area contributed by atoms with Crippen LogP contribution in [0.2, 0.25) is 0 Å². The zero-order chi connectivity index (χ0) is 16.8. The van der Waals surface area contributed by atoms with Crippen molar-refractivity contribution in [3.05, 3.63) is 36.0 Å². The maximum atomic E-state index is 10.1. The fourth-order valence-electron chi connectivity index (χ4n) is 2.73. The molecule has 7 nitrogen and oxygen atoms in total. The largest absolute Gasteiger partial charge is 0.487 e. The van der Waals surface area contributed by atoms with E-state index in [1.165, 1.54) is 12.8 Å². The number of hydrogen-bond acceptors (Lipinski definition) is 7. The number of aliphatic hydroxyl groups excluding tert-OH is 1. The Morgan fingerprint density at radius 2 is 1.92 bits per heavy atom. The number of hydrogen-bond donors (Lipinski definition) is 1. The second-order valence-corrected chi connectivity index (χ2v) is 5.94. The van der Waals surface area contributed by atoms with Crippen molar-refractivity contribution in [2.75, 3.05) is 26.2 Å². The van der Waals surface area contributed by atoms with E-state index in [2.05, 4.69) is 15.0 Å². The molecular formula is C17H23N3O4. The molecule has 0 bridgehead atoms. The smallest absolute Gasteiger partial charge is 0.264 e. The van der Waals surface area contributed by atoms with Crippen LogP contribution in [0.4, 0.5) is 0 Å². The number of benzene rings is 1. The van der Waals surface area contributed by atoms with E-state index >= 15 is 0 Å². The molecule has 7 heteroatoms. The topological polar surface area (TPSA) is 80.9 Å². The molecule has 0 aliphatic carbocycles. The van der Waals surface area contributed by atoms with Gasteiger partial charge in [0.15, 0.2) is 23.9 Å². The standard InChI is InChI=1S/C17H23N3O4/c1-13-18-17(24-19-13)12-23-16-7-3-2-6-15(16)22-11-14(21)10-20-8-4-5-9-20/h2-3,6-7,14,21H,4-5,8-12H2,1H3. The van der Waals surface area contributed by atoms with Gasteiger partial charge >= 0.3 is 0 Å². The number of para-hydroxylation sites is 2. The van der Waals surface area contributed by atoms with Crippen molar-refractivity contribution in [3.63, 3.8) is 0 Å². The van der Waals surface area contributed by atoms with Gasteiger partial charge in [0.05, 0.1) is 0 Å². The lowest BCUT2D eigenvalue weighted by molar-refractivity contribution is 0.0740. The summed E-state index contributed by atoms with van der Waals surface area (Å²) in [7, 11) is 0. The molecule has 1 aromatic carbocycles. The van der Waals surface area contributed by atoms with E-state index in [9.17, 15) is 5.11 Å². The minimum Gasteiger partial charge on any atom is -0.487 e. The molecule has 1 aliphatic rings. The summed E-state index contributed by atoms with van der Waals surface area (Å²) >= 11 is 0. The van der Waals surface area contributed by atoms with E-state index in [0.29, 0.717) is 29.8 Å². The van der Waals surface area contributed by atoms with Crippen LogP contribution in [0.3, 0.4) is 0 Å². The van der Waals surface area contributed by atoms with Gasteiger partial charge in [-0.15, -0.1) is 0 Å². The van der Waals surface area contributed by atoms with Crippen LogP contribution in [0.1, 0.15) is 24.6 Å². The number of nitrogens with zero attached hydrogens (tertiary/aromatic N) is 3. The number of aromatic nitrogens is 2. The molecule has 0 radical (unpaired) electrons. The summed E-state index contributed by atoms with van der Waals surface area (Å²) < 4.78 is 16.4. The monoisotopic (exact) mass is 333 g/mol. The maximum Gasteiger partial charge on any atom is 0.264 e. The molecule has 1 aliphatic heterocycles. The van der Waals surface area contributed by atoms with Gasteiger partial charge in [0.2, 0.25) is 0 Å². The predicted molar refractivity (Wildman–Crippen MR) is 87.0 cm³/mol. The zero-order valence-electron chi connectivity index (χ0n) is 13.9. The first-order valence-corrected chi connectivity index (χ1v) is 8.25. The molecule has 1 fully saturated rings. The first-order chi connectivity index (χ1) is 11.7. The van der Waals surface area contributed by atoms with Gasteiger partial charge in [-0.3, -0.25) is 0 Å². The molecule has 0 saturated carbocycles. The highest BCUT2D eigenvalue weighted by Crippen LogP contribution is 2.27. The van der Waals surface area contributed by atoms with Gasteiger partial charge in [-0.25, -0.2) is 0 Å². The second-order valence-electron chi connectivity index (χ2n) is 5.94. The lowest BCUT2D eigenvalue weighted by atomic mass is 10.3. The van der Waals surface area contributed by atoms with Gasteiger partial charge in [0, 0.05) is 6.54 Å². The SMILES string of the molecule is Cc1noc(COc2ccccc2OCC(O)CN2CCCC2)n1. The zero-order valence-corrected chi connectivity index (χ0v) is 13.9. The Morgan fingerprint density at radius 3 is 2.58 bits per heavy atom. The molecule has 0 amide bonds. The summed E-state index contributed by atoms with van der Waals surface area (Å²) in [5.74, 6) is 2.16. The molecule has 3 rings (SSSR count). The number of β-amino-alcohol motifs (C(OH)–C–C–N with tert-alkyl or cyclic N) is 1. The Bertz CT molecular complexity index is 640. The van der Waals surface area contributed by atoms with Crippen LogP contribution >= 0.6 is 0 Å². The molecule has 24 heavy (non-hydrogen) atoms. The van der Waals surface area contributed by atoms with Crippen LogP contribution in [-0.4, -0.2) is 52.5 Å².